The van der Waals surface area contributed by atoms with Crippen LogP contribution in [0.25, 0.3) is 0 Å². The van der Waals surface area contributed by atoms with Crippen molar-refractivity contribution >= 4 is 15.7 Å². The fraction of sp³-hybridized carbons (Fsp3) is 0.462. The number of furan rings is 1. The molecule has 5 nitrogen and oxygen atoms in total. The Hall–Kier alpha value is -1.74. The van der Waals surface area contributed by atoms with Crippen LogP contribution in [-0.2, 0) is 20.4 Å². The van der Waals surface area contributed by atoms with Crippen molar-refractivity contribution in [3.63, 3.8) is 0 Å². The molecule has 2 heterocycles. The average molecular weight is 281 g/mol. The van der Waals surface area contributed by atoms with Gasteiger partial charge in [-0.15, -0.1) is 6.42 Å². The van der Waals surface area contributed by atoms with E-state index in [1.54, 1.807) is 12.1 Å². The van der Waals surface area contributed by atoms with Crippen molar-refractivity contribution < 1.29 is 17.6 Å². The average Bonchev–Trinajstić information content (AvgIpc) is 2.90. The number of hydrogen-bond donors (Lipinski definition) is 0. The standard InChI is InChI=1S/C13H15NO4S/c1-2-13(15)14-7-5-12(6-8-14)19(16,17)10-11-4-3-9-18-11/h1,3-4,9,12H,5-8,10H2. The number of carbonyl (C=O) groups excluding carboxylic acids is 1. The Morgan fingerprint density at radius 2 is 2.16 bits per heavy atom. The number of carbonyl (C=O) groups is 1. The minimum absolute atomic E-state index is 0.0895. The Kier molecular flexibility index (Phi) is 3.96. The quantitative estimate of drug-likeness (QED) is 0.769. The third-order valence-corrected chi connectivity index (χ3v) is 5.46. The van der Waals surface area contributed by atoms with E-state index in [-0.39, 0.29) is 11.7 Å². The molecule has 0 radical (unpaired) electrons. The summed E-state index contributed by atoms with van der Waals surface area (Å²) in [4.78, 5) is 12.8. The van der Waals surface area contributed by atoms with Crippen molar-refractivity contribution in [2.45, 2.75) is 23.8 Å². The maximum absolute atomic E-state index is 12.2. The lowest BCUT2D eigenvalue weighted by Gasteiger charge is -2.30. The third-order valence-electron chi connectivity index (χ3n) is 3.28. The number of hydrogen-bond acceptors (Lipinski definition) is 4. The summed E-state index contributed by atoms with van der Waals surface area (Å²) >= 11 is 0. The van der Waals surface area contributed by atoms with E-state index in [4.69, 9.17) is 10.8 Å². The molecule has 0 unspecified atom stereocenters. The molecule has 1 aromatic rings. The Balaban J connectivity index is 1.97. The lowest BCUT2D eigenvalue weighted by Crippen LogP contribution is -2.42. The molecule has 1 aliphatic rings. The summed E-state index contributed by atoms with van der Waals surface area (Å²) in [5.74, 6) is 2.03. The number of likely N-dealkylation sites (tertiary alicyclic amines) is 1. The fourth-order valence-corrected chi connectivity index (χ4v) is 3.95. The molecule has 0 bridgehead atoms. The molecule has 1 fully saturated rings. The molecule has 0 aromatic carbocycles. The first-order valence-electron chi connectivity index (χ1n) is 6.02. The van der Waals surface area contributed by atoms with Gasteiger partial charge in [-0.3, -0.25) is 4.79 Å². The summed E-state index contributed by atoms with van der Waals surface area (Å²) in [5, 5.41) is -0.431. The molecular weight excluding hydrogens is 266 g/mol. The monoisotopic (exact) mass is 281 g/mol. The third kappa shape index (κ3) is 3.18. The molecule has 0 atom stereocenters. The van der Waals surface area contributed by atoms with Gasteiger partial charge in [0.05, 0.1) is 11.5 Å². The molecule has 1 aliphatic heterocycles. The second kappa shape index (κ2) is 5.49. The lowest BCUT2D eigenvalue weighted by molar-refractivity contribution is -0.125. The van der Waals surface area contributed by atoms with Gasteiger partial charge in [-0.2, -0.15) is 0 Å². The second-order valence-electron chi connectivity index (χ2n) is 4.52. The van der Waals surface area contributed by atoms with E-state index in [0.717, 1.165) is 0 Å². The summed E-state index contributed by atoms with van der Waals surface area (Å²) in [6.45, 7) is 0.788. The minimum Gasteiger partial charge on any atom is -0.468 e. The molecule has 1 amide bonds. The van der Waals surface area contributed by atoms with Gasteiger partial charge < -0.3 is 9.32 Å². The van der Waals surface area contributed by atoms with E-state index >= 15 is 0 Å². The largest absolute Gasteiger partial charge is 0.468 e. The molecular formula is C13H15NO4S. The molecule has 0 saturated carbocycles. The zero-order chi connectivity index (χ0) is 13.9. The minimum atomic E-state index is -3.25. The van der Waals surface area contributed by atoms with Gasteiger partial charge in [0.15, 0.2) is 9.84 Å². The van der Waals surface area contributed by atoms with E-state index in [0.29, 0.717) is 31.7 Å². The zero-order valence-electron chi connectivity index (χ0n) is 10.4. The molecule has 102 valence electrons. The maximum Gasteiger partial charge on any atom is 0.298 e. The van der Waals surface area contributed by atoms with Gasteiger partial charge in [0.1, 0.15) is 11.5 Å². The van der Waals surface area contributed by atoms with Crippen molar-refractivity contribution in [1.82, 2.24) is 4.90 Å². The van der Waals surface area contributed by atoms with E-state index in [2.05, 4.69) is 0 Å². The first kappa shape index (κ1) is 13.7. The van der Waals surface area contributed by atoms with Crippen LogP contribution < -0.4 is 0 Å². The Labute approximate surface area is 112 Å². The van der Waals surface area contributed by atoms with Crippen molar-refractivity contribution in [2.24, 2.45) is 0 Å². The summed E-state index contributed by atoms with van der Waals surface area (Å²) in [6.07, 6.45) is 7.35. The van der Waals surface area contributed by atoms with Crippen LogP contribution in [0.1, 0.15) is 18.6 Å². The highest BCUT2D eigenvalue weighted by Gasteiger charge is 2.31. The van der Waals surface area contributed by atoms with Crippen molar-refractivity contribution in [2.75, 3.05) is 13.1 Å². The second-order valence-corrected chi connectivity index (χ2v) is 6.80. The number of nitrogens with zero attached hydrogens (tertiary/aromatic N) is 1. The highest BCUT2D eigenvalue weighted by Crippen LogP contribution is 2.21. The zero-order valence-corrected chi connectivity index (χ0v) is 11.2. The van der Waals surface area contributed by atoms with E-state index in [9.17, 15) is 13.2 Å². The molecule has 19 heavy (non-hydrogen) atoms. The van der Waals surface area contributed by atoms with Crippen LogP contribution >= 0.6 is 0 Å². The van der Waals surface area contributed by atoms with Crippen molar-refractivity contribution in [3.8, 4) is 12.3 Å². The van der Waals surface area contributed by atoms with E-state index < -0.39 is 15.1 Å². The molecule has 0 spiro atoms. The van der Waals surface area contributed by atoms with Gasteiger partial charge in [0.25, 0.3) is 5.91 Å². The molecule has 0 aliphatic carbocycles. The molecule has 2 rings (SSSR count). The highest BCUT2D eigenvalue weighted by atomic mass is 32.2. The fourth-order valence-electron chi connectivity index (χ4n) is 2.22. The van der Waals surface area contributed by atoms with Gasteiger partial charge in [-0.05, 0) is 30.9 Å². The first-order chi connectivity index (χ1) is 9.03. The number of terminal acetylenes is 1. The van der Waals surface area contributed by atoms with Crippen LogP contribution in [0.3, 0.4) is 0 Å². The molecule has 1 saturated heterocycles. The van der Waals surface area contributed by atoms with Gasteiger partial charge in [0.2, 0.25) is 0 Å². The van der Waals surface area contributed by atoms with Crippen LogP contribution in [-0.4, -0.2) is 37.6 Å². The smallest absolute Gasteiger partial charge is 0.298 e. The van der Waals surface area contributed by atoms with Crippen LogP contribution in [0.2, 0.25) is 0 Å². The summed E-state index contributed by atoms with van der Waals surface area (Å²) in [6, 6.07) is 3.31. The van der Waals surface area contributed by atoms with Gasteiger partial charge in [-0.1, -0.05) is 0 Å². The van der Waals surface area contributed by atoms with Gasteiger partial charge >= 0.3 is 0 Å². The molecule has 0 N–H and O–H groups in total. The van der Waals surface area contributed by atoms with Crippen molar-refractivity contribution in [3.05, 3.63) is 24.2 Å². The number of piperidine rings is 1. The van der Waals surface area contributed by atoms with E-state index in [1.165, 1.54) is 11.2 Å². The lowest BCUT2D eigenvalue weighted by atomic mass is 10.1. The van der Waals surface area contributed by atoms with Crippen molar-refractivity contribution in [1.29, 1.82) is 0 Å². The topological polar surface area (TPSA) is 67.6 Å². The molecule has 6 heteroatoms. The number of sulfone groups is 1. The van der Waals surface area contributed by atoms with Crippen LogP contribution in [0.4, 0.5) is 0 Å². The Bertz CT molecular complexity index is 575. The predicted octanol–water partition coefficient (Wildman–Crippen LogP) is 0.819. The number of rotatable bonds is 3. The maximum atomic E-state index is 12.2. The Morgan fingerprint density at radius 3 is 2.68 bits per heavy atom. The summed E-state index contributed by atoms with van der Waals surface area (Å²) < 4.78 is 29.5. The molecule has 1 aromatic heterocycles. The summed E-state index contributed by atoms with van der Waals surface area (Å²) in [5.41, 5.74) is 0. The van der Waals surface area contributed by atoms with E-state index in [1.807, 2.05) is 5.92 Å². The summed E-state index contributed by atoms with van der Waals surface area (Å²) in [7, 11) is -3.25. The first-order valence-corrected chi connectivity index (χ1v) is 7.74. The van der Waals surface area contributed by atoms with Crippen LogP contribution in [0.15, 0.2) is 22.8 Å². The predicted molar refractivity (Wildman–Crippen MR) is 69.8 cm³/mol. The Morgan fingerprint density at radius 1 is 1.47 bits per heavy atom. The van der Waals surface area contributed by atoms with Crippen LogP contribution in [0, 0.1) is 12.3 Å². The SMILES string of the molecule is C#CC(=O)N1CCC(S(=O)(=O)Cc2ccco2)CC1. The number of amides is 1. The highest BCUT2D eigenvalue weighted by molar-refractivity contribution is 7.91. The van der Waals surface area contributed by atoms with Gasteiger partial charge in [-0.25, -0.2) is 8.42 Å². The van der Waals surface area contributed by atoms with Gasteiger partial charge in [0, 0.05) is 13.1 Å². The normalized spacial score (nSPS) is 17.1. The van der Waals surface area contributed by atoms with Crippen LogP contribution in [0.5, 0.6) is 0 Å².